The van der Waals surface area contributed by atoms with Gasteiger partial charge in [-0.15, -0.1) is 0 Å². The van der Waals surface area contributed by atoms with Crippen LogP contribution < -0.4 is 15.8 Å². The summed E-state index contributed by atoms with van der Waals surface area (Å²) in [7, 11) is -3.30. The lowest BCUT2D eigenvalue weighted by atomic mass is 10.1. The van der Waals surface area contributed by atoms with Crippen molar-refractivity contribution in [2.45, 2.75) is 32.2 Å². The van der Waals surface area contributed by atoms with Crippen LogP contribution in [0.3, 0.4) is 0 Å². The maximum atomic E-state index is 11.8. The zero-order chi connectivity index (χ0) is 16.1. The van der Waals surface area contributed by atoms with Crippen molar-refractivity contribution in [1.29, 1.82) is 0 Å². The van der Waals surface area contributed by atoms with Crippen LogP contribution in [-0.2, 0) is 21.2 Å². The van der Waals surface area contributed by atoms with Crippen molar-refractivity contribution in [3.8, 4) is 0 Å². The van der Waals surface area contributed by atoms with E-state index in [4.69, 9.17) is 5.73 Å². The van der Waals surface area contributed by atoms with Crippen molar-refractivity contribution in [1.82, 2.24) is 10.0 Å². The standard InChI is InChI=1S/C14H23N3O3S/c1-14(2,17-21(3,19)20)10-16-13(18)9-6-11-4-7-12(15)8-5-11/h4-5,7-8,17H,6,9-10,15H2,1-3H3,(H,16,18). The van der Waals surface area contributed by atoms with Gasteiger partial charge in [0, 0.05) is 24.2 Å². The summed E-state index contributed by atoms with van der Waals surface area (Å²) in [5, 5.41) is 2.74. The number of sulfonamides is 1. The van der Waals surface area contributed by atoms with Gasteiger partial charge in [-0.25, -0.2) is 13.1 Å². The third-order valence-corrected chi connectivity index (χ3v) is 3.73. The predicted octanol–water partition coefficient (Wildman–Crippen LogP) is 0.645. The molecular weight excluding hydrogens is 290 g/mol. The summed E-state index contributed by atoms with van der Waals surface area (Å²) in [5.74, 6) is -0.116. The molecule has 21 heavy (non-hydrogen) atoms. The SMILES string of the molecule is CC(C)(CNC(=O)CCc1ccc(N)cc1)NS(C)(=O)=O. The lowest BCUT2D eigenvalue weighted by molar-refractivity contribution is -0.121. The summed E-state index contributed by atoms with van der Waals surface area (Å²) in [6.45, 7) is 3.67. The maximum Gasteiger partial charge on any atom is 0.220 e. The molecule has 0 aliphatic rings. The molecule has 118 valence electrons. The van der Waals surface area contributed by atoms with Gasteiger partial charge >= 0.3 is 0 Å². The second kappa shape index (κ2) is 6.91. The Kier molecular flexibility index (Phi) is 5.74. The van der Waals surface area contributed by atoms with Gasteiger partial charge in [-0.2, -0.15) is 0 Å². The van der Waals surface area contributed by atoms with Crippen LogP contribution in [0.15, 0.2) is 24.3 Å². The van der Waals surface area contributed by atoms with Crippen molar-refractivity contribution in [3.05, 3.63) is 29.8 Å². The van der Waals surface area contributed by atoms with Gasteiger partial charge < -0.3 is 11.1 Å². The van der Waals surface area contributed by atoms with Crippen LogP contribution in [0.5, 0.6) is 0 Å². The third kappa shape index (κ3) is 7.67. The quantitative estimate of drug-likeness (QED) is 0.643. The average molecular weight is 313 g/mol. The highest BCUT2D eigenvalue weighted by Crippen LogP contribution is 2.08. The first-order valence-electron chi connectivity index (χ1n) is 6.67. The van der Waals surface area contributed by atoms with E-state index in [0.717, 1.165) is 11.8 Å². The van der Waals surface area contributed by atoms with Gasteiger partial charge in [0.25, 0.3) is 0 Å². The maximum absolute atomic E-state index is 11.8. The molecule has 0 aliphatic carbocycles. The molecular formula is C14H23N3O3S. The lowest BCUT2D eigenvalue weighted by Gasteiger charge is -2.25. The Bertz CT molecular complexity index is 580. The van der Waals surface area contributed by atoms with Gasteiger partial charge in [0.1, 0.15) is 0 Å². The number of nitrogens with one attached hydrogen (secondary N) is 2. The molecule has 1 amide bonds. The van der Waals surface area contributed by atoms with Crippen molar-refractivity contribution < 1.29 is 13.2 Å². The fraction of sp³-hybridized carbons (Fsp3) is 0.500. The minimum absolute atomic E-state index is 0.116. The first-order valence-corrected chi connectivity index (χ1v) is 8.57. The van der Waals surface area contributed by atoms with Gasteiger partial charge in [0.05, 0.1) is 6.26 Å². The largest absolute Gasteiger partial charge is 0.399 e. The van der Waals surface area contributed by atoms with Gasteiger partial charge in [0.2, 0.25) is 15.9 Å². The molecule has 0 unspecified atom stereocenters. The highest BCUT2D eigenvalue weighted by atomic mass is 32.2. The average Bonchev–Trinajstić information content (AvgIpc) is 2.33. The number of rotatable bonds is 7. The summed E-state index contributed by atoms with van der Waals surface area (Å²) >= 11 is 0. The molecule has 6 nitrogen and oxygen atoms in total. The van der Waals surface area contributed by atoms with Crippen LogP contribution in [0.1, 0.15) is 25.8 Å². The zero-order valence-electron chi connectivity index (χ0n) is 12.6. The van der Waals surface area contributed by atoms with Crippen LogP contribution in [0.4, 0.5) is 5.69 Å². The Morgan fingerprint density at radius 1 is 1.24 bits per heavy atom. The molecule has 4 N–H and O–H groups in total. The van der Waals surface area contributed by atoms with Crippen molar-refractivity contribution in [2.24, 2.45) is 0 Å². The van der Waals surface area contributed by atoms with Crippen molar-refractivity contribution in [2.75, 3.05) is 18.5 Å². The number of anilines is 1. The molecule has 0 fully saturated rings. The molecule has 1 aromatic rings. The van der Waals surface area contributed by atoms with Crippen molar-refractivity contribution >= 4 is 21.6 Å². The number of aryl methyl sites for hydroxylation is 1. The molecule has 0 bridgehead atoms. The van der Waals surface area contributed by atoms with Gasteiger partial charge in [-0.1, -0.05) is 12.1 Å². The second-order valence-corrected chi connectivity index (χ2v) is 7.52. The van der Waals surface area contributed by atoms with E-state index >= 15 is 0 Å². The van der Waals surface area contributed by atoms with E-state index in [1.54, 1.807) is 26.0 Å². The normalized spacial score (nSPS) is 12.1. The molecule has 0 heterocycles. The Balaban J connectivity index is 2.39. The van der Waals surface area contributed by atoms with Crippen molar-refractivity contribution in [3.63, 3.8) is 0 Å². The molecule has 1 rings (SSSR count). The molecule has 0 atom stereocenters. The van der Waals surface area contributed by atoms with Crippen LogP contribution in [0.2, 0.25) is 0 Å². The zero-order valence-corrected chi connectivity index (χ0v) is 13.5. The van der Waals surface area contributed by atoms with Crippen LogP contribution >= 0.6 is 0 Å². The number of amides is 1. The fourth-order valence-electron chi connectivity index (χ4n) is 1.89. The molecule has 0 saturated heterocycles. The number of nitrogens with two attached hydrogens (primary N) is 1. The Morgan fingerprint density at radius 3 is 2.33 bits per heavy atom. The van der Waals surface area contributed by atoms with E-state index in [0.29, 0.717) is 18.5 Å². The second-order valence-electron chi connectivity index (χ2n) is 5.78. The number of carbonyl (C=O) groups excluding carboxylic acids is 1. The molecule has 0 radical (unpaired) electrons. The lowest BCUT2D eigenvalue weighted by Crippen LogP contribution is -2.51. The minimum atomic E-state index is -3.30. The third-order valence-electron chi connectivity index (χ3n) is 2.81. The number of carbonyl (C=O) groups is 1. The van der Waals surface area contributed by atoms with E-state index in [1.165, 1.54) is 0 Å². The topological polar surface area (TPSA) is 101 Å². The van der Waals surface area contributed by atoms with Crippen LogP contribution in [0.25, 0.3) is 0 Å². The fourth-order valence-corrected chi connectivity index (χ4v) is 2.96. The summed E-state index contributed by atoms with van der Waals surface area (Å²) in [6.07, 6.45) is 2.06. The van der Waals surface area contributed by atoms with E-state index in [9.17, 15) is 13.2 Å². The predicted molar refractivity (Wildman–Crippen MR) is 84.2 cm³/mol. The highest BCUT2D eigenvalue weighted by molar-refractivity contribution is 7.88. The number of hydrogen-bond donors (Lipinski definition) is 3. The Morgan fingerprint density at radius 2 is 1.81 bits per heavy atom. The highest BCUT2D eigenvalue weighted by Gasteiger charge is 2.22. The molecule has 0 aromatic heterocycles. The molecule has 0 saturated carbocycles. The molecule has 1 aromatic carbocycles. The molecule has 7 heteroatoms. The smallest absolute Gasteiger partial charge is 0.220 e. The minimum Gasteiger partial charge on any atom is -0.399 e. The summed E-state index contributed by atoms with van der Waals surface area (Å²) in [4.78, 5) is 11.8. The van der Waals surface area contributed by atoms with E-state index < -0.39 is 15.6 Å². The van der Waals surface area contributed by atoms with Gasteiger partial charge in [0.15, 0.2) is 0 Å². The van der Waals surface area contributed by atoms with E-state index in [2.05, 4.69) is 10.0 Å². The first kappa shape index (κ1) is 17.5. The van der Waals surface area contributed by atoms with Gasteiger partial charge in [-0.05, 0) is 38.0 Å². The van der Waals surface area contributed by atoms with Crippen LogP contribution in [-0.4, -0.2) is 32.7 Å². The monoisotopic (exact) mass is 313 g/mol. The summed E-state index contributed by atoms with van der Waals surface area (Å²) in [6, 6.07) is 7.37. The Hall–Kier alpha value is -1.60. The molecule has 0 aliphatic heterocycles. The van der Waals surface area contributed by atoms with Crippen LogP contribution in [0, 0.1) is 0 Å². The Labute approximate surface area is 126 Å². The van der Waals surface area contributed by atoms with E-state index in [1.807, 2.05) is 12.1 Å². The summed E-state index contributed by atoms with van der Waals surface area (Å²) < 4.78 is 24.9. The first-order chi connectivity index (χ1) is 9.57. The number of nitrogen functional groups attached to an aromatic ring is 1. The number of benzene rings is 1. The summed E-state index contributed by atoms with van der Waals surface area (Å²) in [5.41, 5.74) is 6.60. The van der Waals surface area contributed by atoms with E-state index in [-0.39, 0.29) is 12.5 Å². The number of hydrogen-bond acceptors (Lipinski definition) is 4. The molecule has 0 spiro atoms. The van der Waals surface area contributed by atoms with Gasteiger partial charge in [-0.3, -0.25) is 4.79 Å².